The summed E-state index contributed by atoms with van der Waals surface area (Å²) in [4.78, 5) is 0. The van der Waals surface area contributed by atoms with E-state index in [1.165, 1.54) is 0 Å². The van der Waals surface area contributed by atoms with Crippen molar-refractivity contribution < 1.29 is 9.47 Å². The third-order valence-electron chi connectivity index (χ3n) is 2.86. The molecular weight excluding hydrogens is 318 g/mol. The molecule has 2 aromatic rings. The Labute approximate surface area is 127 Å². The van der Waals surface area contributed by atoms with Crippen LogP contribution in [0.5, 0.6) is 11.5 Å². The SMILES string of the molecule is Cc1cc(C)c(OCCOc2ccc(Br)cc2)c(N)c1. The highest BCUT2D eigenvalue weighted by Crippen LogP contribution is 2.27. The normalized spacial score (nSPS) is 10.3. The first-order chi connectivity index (χ1) is 9.56. The molecule has 3 nitrogen and oxygen atoms in total. The number of nitrogens with two attached hydrogens (primary N) is 1. The lowest BCUT2D eigenvalue weighted by Crippen LogP contribution is -2.10. The summed E-state index contributed by atoms with van der Waals surface area (Å²) in [5, 5.41) is 0. The Morgan fingerprint density at radius 1 is 1.00 bits per heavy atom. The Hall–Kier alpha value is -1.68. The summed E-state index contributed by atoms with van der Waals surface area (Å²) < 4.78 is 12.3. The molecule has 0 unspecified atom stereocenters. The zero-order valence-electron chi connectivity index (χ0n) is 11.7. The maximum atomic E-state index is 5.96. The van der Waals surface area contributed by atoms with Crippen LogP contribution in [0.1, 0.15) is 11.1 Å². The summed E-state index contributed by atoms with van der Waals surface area (Å²) in [5.41, 5.74) is 8.82. The van der Waals surface area contributed by atoms with Crippen molar-refractivity contribution in [1.82, 2.24) is 0 Å². The molecule has 0 radical (unpaired) electrons. The van der Waals surface area contributed by atoms with Crippen LogP contribution in [0.15, 0.2) is 40.9 Å². The fraction of sp³-hybridized carbons (Fsp3) is 0.250. The maximum absolute atomic E-state index is 5.96. The smallest absolute Gasteiger partial charge is 0.145 e. The van der Waals surface area contributed by atoms with Crippen molar-refractivity contribution in [2.24, 2.45) is 0 Å². The van der Waals surface area contributed by atoms with Crippen molar-refractivity contribution in [2.75, 3.05) is 18.9 Å². The first-order valence-corrected chi connectivity index (χ1v) is 7.23. The molecule has 0 aliphatic carbocycles. The van der Waals surface area contributed by atoms with Gasteiger partial charge in [-0.15, -0.1) is 0 Å². The molecule has 0 saturated heterocycles. The highest BCUT2D eigenvalue weighted by Gasteiger charge is 2.05. The minimum absolute atomic E-state index is 0.462. The highest BCUT2D eigenvalue weighted by molar-refractivity contribution is 9.10. The van der Waals surface area contributed by atoms with E-state index in [4.69, 9.17) is 15.2 Å². The second-order valence-electron chi connectivity index (χ2n) is 4.65. The average Bonchev–Trinajstić information content (AvgIpc) is 2.39. The first-order valence-electron chi connectivity index (χ1n) is 6.44. The van der Waals surface area contributed by atoms with E-state index in [9.17, 15) is 0 Å². The number of nitrogen functional groups attached to an aromatic ring is 1. The third kappa shape index (κ3) is 3.90. The third-order valence-corrected chi connectivity index (χ3v) is 3.39. The van der Waals surface area contributed by atoms with Gasteiger partial charge in [-0.1, -0.05) is 22.0 Å². The molecule has 2 aromatic carbocycles. The molecule has 2 rings (SSSR count). The van der Waals surface area contributed by atoms with Gasteiger partial charge < -0.3 is 15.2 Å². The summed E-state index contributed by atoms with van der Waals surface area (Å²) >= 11 is 3.39. The number of ether oxygens (including phenoxy) is 2. The maximum Gasteiger partial charge on any atom is 0.145 e. The van der Waals surface area contributed by atoms with E-state index in [0.717, 1.165) is 27.1 Å². The molecule has 0 aromatic heterocycles. The van der Waals surface area contributed by atoms with Crippen LogP contribution in [-0.2, 0) is 0 Å². The van der Waals surface area contributed by atoms with Crippen LogP contribution < -0.4 is 15.2 Å². The van der Waals surface area contributed by atoms with Gasteiger partial charge in [-0.25, -0.2) is 0 Å². The monoisotopic (exact) mass is 335 g/mol. The number of hydrogen-bond acceptors (Lipinski definition) is 3. The van der Waals surface area contributed by atoms with Crippen LogP contribution in [0.25, 0.3) is 0 Å². The molecule has 2 N–H and O–H groups in total. The van der Waals surface area contributed by atoms with Crippen LogP contribution in [0.3, 0.4) is 0 Å². The van der Waals surface area contributed by atoms with Crippen molar-refractivity contribution in [1.29, 1.82) is 0 Å². The lowest BCUT2D eigenvalue weighted by Gasteiger charge is -2.13. The van der Waals surface area contributed by atoms with Gasteiger partial charge in [0.25, 0.3) is 0 Å². The molecule has 106 valence electrons. The second-order valence-corrected chi connectivity index (χ2v) is 5.57. The van der Waals surface area contributed by atoms with Crippen LogP contribution in [-0.4, -0.2) is 13.2 Å². The fourth-order valence-electron chi connectivity index (χ4n) is 2.02. The average molecular weight is 336 g/mol. The van der Waals surface area contributed by atoms with Gasteiger partial charge in [0, 0.05) is 4.47 Å². The van der Waals surface area contributed by atoms with Crippen LogP contribution in [0.4, 0.5) is 5.69 Å². The summed E-state index contributed by atoms with van der Waals surface area (Å²) in [6.07, 6.45) is 0. The van der Waals surface area contributed by atoms with E-state index in [0.29, 0.717) is 18.9 Å². The topological polar surface area (TPSA) is 44.5 Å². The number of halogens is 1. The standard InChI is InChI=1S/C16H18BrNO2/c1-11-9-12(2)16(15(18)10-11)20-8-7-19-14-5-3-13(17)4-6-14/h3-6,9-10H,7-8,18H2,1-2H3. The Morgan fingerprint density at radius 3 is 2.30 bits per heavy atom. The molecule has 0 amide bonds. The van der Waals surface area contributed by atoms with Gasteiger partial charge in [0.15, 0.2) is 0 Å². The van der Waals surface area contributed by atoms with Crippen molar-refractivity contribution in [3.05, 3.63) is 52.0 Å². The quantitative estimate of drug-likeness (QED) is 0.660. The minimum Gasteiger partial charge on any atom is -0.490 e. The summed E-state index contributed by atoms with van der Waals surface area (Å²) in [6.45, 7) is 4.95. The van der Waals surface area contributed by atoms with E-state index in [1.807, 2.05) is 44.2 Å². The molecule has 0 aliphatic rings. The Morgan fingerprint density at radius 2 is 1.65 bits per heavy atom. The van der Waals surface area contributed by atoms with Gasteiger partial charge in [-0.05, 0) is 55.3 Å². The van der Waals surface area contributed by atoms with Crippen LogP contribution >= 0.6 is 15.9 Å². The molecule has 0 saturated carbocycles. The Bertz CT molecular complexity index is 559. The van der Waals surface area contributed by atoms with Gasteiger partial charge >= 0.3 is 0 Å². The molecule has 4 heteroatoms. The van der Waals surface area contributed by atoms with Crippen LogP contribution in [0.2, 0.25) is 0 Å². The number of benzene rings is 2. The van der Waals surface area contributed by atoms with E-state index in [1.54, 1.807) is 0 Å². The summed E-state index contributed by atoms with van der Waals surface area (Å²) in [5.74, 6) is 1.57. The predicted molar refractivity (Wildman–Crippen MR) is 85.5 cm³/mol. The van der Waals surface area contributed by atoms with Crippen molar-refractivity contribution in [2.45, 2.75) is 13.8 Å². The van der Waals surface area contributed by atoms with E-state index < -0.39 is 0 Å². The van der Waals surface area contributed by atoms with E-state index in [-0.39, 0.29) is 0 Å². The van der Waals surface area contributed by atoms with Crippen LogP contribution in [0, 0.1) is 13.8 Å². The number of aryl methyl sites for hydroxylation is 2. The zero-order valence-corrected chi connectivity index (χ0v) is 13.2. The van der Waals surface area contributed by atoms with Gasteiger partial charge in [-0.2, -0.15) is 0 Å². The lowest BCUT2D eigenvalue weighted by atomic mass is 10.1. The molecule has 0 bridgehead atoms. The van der Waals surface area contributed by atoms with Crippen molar-refractivity contribution in [3.63, 3.8) is 0 Å². The molecule has 0 atom stereocenters. The Kier molecular flexibility index (Phi) is 4.90. The van der Waals surface area contributed by atoms with Crippen molar-refractivity contribution in [3.8, 4) is 11.5 Å². The fourth-order valence-corrected chi connectivity index (χ4v) is 2.28. The molecule has 0 heterocycles. The second kappa shape index (κ2) is 6.66. The first kappa shape index (κ1) is 14.7. The largest absolute Gasteiger partial charge is 0.490 e. The van der Waals surface area contributed by atoms with E-state index in [2.05, 4.69) is 22.0 Å². The van der Waals surface area contributed by atoms with Crippen molar-refractivity contribution >= 4 is 21.6 Å². The molecule has 0 aliphatic heterocycles. The molecule has 0 fully saturated rings. The Balaban J connectivity index is 1.86. The van der Waals surface area contributed by atoms with Gasteiger partial charge in [0.2, 0.25) is 0 Å². The number of hydrogen-bond donors (Lipinski definition) is 1. The lowest BCUT2D eigenvalue weighted by molar-refractivity contribution is 0.217. The summed E-state index contributed by atoms with van der Waals surface area (Å²) in [7, 11) is 0. The molecule has 0 spiro atoms. The molecular formula is C16H18BrNO2. The van der Waals surface area contributed by atoms with Gasteiger partial charge in [0.05, 0.1) is 5.69 Å². The highest BCUT2D eigenvalue weighted by atomic mass is 79.9. The van der Waals surface area contributed by atoms with E-state index >= 15 is 0 Å². The predicted octanol–water partition coefficient (Wildman–Crippen LogP) is 4.11. The summed E-state index contributed by atoms with van der Waals surface area (Å²) in [6, 6.07) is 11.7. The van der Waals surface area contributed by atoms with Gasteiger partial charge in [-0.3, -0.25) is 0 Å². The molecule has 20 heavy (non-hydrogen) atoms. The number of rotatable bonds is 5. The van der Waals surface area contributed by atoms with Gasteiger partial charge in [0.1, 0.15) is 24.7 Å². The zero-order chi connectivity index (χ0) is 14.5. The number of anilines is 1. The minimum atomic E-state index is 0.462.